The van der Waals surface area contributed by atoms with E-state index in [1.807, 2.05) is 36.1 Å². The van der Waals surface area contributed by atoms with Gasteiger partial charge in [0.05, 0.1) is 0 Å². The zero-order chi connectivity index (χ0) is 12.3. The minimum atomic E-state index is 0.0831. The van der Waals surface area contributed by atoms with Crippen molar-refractivity contribution in [1.29, 1.82) is 0 Å². The molecule has 0 aliphatic heterocycles. The number of imidazole rings is 1. The van der Waals surface area contributed by atoms with Gasteiger partial charge in [-0.2, -0.15) is 0 Å². The van der Waals surface area contributed by atoms with Crippen LogP contribution < -0.4 is 5.73 Å². The molecule has 17 heavy (non-hydrogen) atoms. The van der Waals surface area contributed by atoms with Crippen LogP contribution in [-0.4, -0.2) is 9.55 Å². The fourth-order valence-electron chi connectivity index (χ4n) is 1.85. The van der Waals surface area contributed by atoms with Gasteiger partial charge < -0.3 is 10.3 Å². The summed E-state index contributed by atoms with van der Waals surface area (Å²) in [6.45, 7) is 0. The number of nitrogens with zero attached hydrogens (tertiary/aromatic N) is 2. The monoisotopic (exact) mass is 341 g/mol. The molecular formula is C13H16IN3. The third kappa shape index (κ3) is 3.07. The van der Waals surface area contributed by atoms with E-state index in [0.717, 1.165) is 18.7 Å². The maximum absolute atomic E-state index is 6.22. The Morgan fingerprint density at radius 2 is 2.18 bits per heavy atom. The van der Waals surface area contributed by atoms with E-state index >= 15 is 0 Å². The highest BCUT2D eigenvalue weighted by atomic mass is 127. The molecule has 1 aromatic heterocycles. The van der Waals surface area contributed by atoms with Gasteiger partial charge in [-0.3, -0.25) is 0 Å². The van der Waals surface area contributed by atoms with Gasteiger partial charge in [0, 0.05) is 35.5 Å². The van der Waals surface area contributed by atoms with Crippen molar-refractivity contribution in [2.75, 3.05) is 0 Å². The number of benzene rings is 1. The van der Waals surface area contributed by atoms with Crippen LogP contribution in [0.25, 0.3) is 0 Å². The standard InChI is InChI=1S/C13H16IN3/c1-17-9-8-16-13(17)7-6-12(15)10-4-2-3-5-11(10)14/h2-5,8-9,12H,6-7,15H2,1H3. The van der Waals surface area contributed by atoms with Gasteiger partial charge in [-0.1, -0.05) is 18.2 Å². The Bertz CT molecular complexity index is 493. The summed E-state index contributed by atoms with van der Waals surface area (Å²) in [5, 5.41) is 0. The minimum Gasteiger partial charge on any atom is -0.338 e. The van der Waals surface area contributed by atoms with Gasteiger partial charge >= 0.3 is 0 Å². The quantitative estimate of drug-likeness (QED) is 0.869. The average Bonchev–Trinajstić information content (AvgIpc) is 2.72. The summed E-state index contributed by atoms with van der Waals surface area (Å²) in [5.74, 6) is 1.09. The Morgan fingerprint density at radius 1 is 1.41 bits per heavy atom. The summed E-state index contributed by atoms with van der Waals surface area (Å²) in [6.07, 6.45) is 5.63. The molecule has 2 rings (SSSR count). The lowest BCUT2D eigenvalue weighted by molar-refractivity contribution is 0.618. The van der Waals surface area contributed by atoms with Gasteiger partial charge in [-0.15, -0.1) is 0 Å². The van der Waals surface area contributed by atoms with Gasteiger partial charge in [0.25, 0.3) is 0 Å². The summed E-state index contributed by atoms with van der Waals surface area (Å²) >= 11 is 2.33. The molecule has 3 nitrogen and oxygen atoms in total. The number of nitrogens with two attached hydrogens (primary N) is 1. The van der Waals surface area contributed by atoms with Crippen LogP contribution in [0.2, 0.25) is 0 Å². The maximum Gasteiger partial charge on any atom is 0.108 e. The normalized spacial score (nSPS) is 12.6. The van der Waals surface area contributed by atoms with E-state index in [9.17, 15) is 0 Å². The van der Waals surface area contributed by atoms with Gasteiger partial charge in [-0.25, -0.2) is 4.98 Å². The Balaban J connectivity index is 2.01. The highest BCUT2D eigenvalue weighted by molar-refractivity contribution is 14.1. The Hall–Kier alpha value is -0.880. The Labute approximate surface area is 115 Å². The van der Waals surface area contributed by atoms with Crippen molar-refractivity contribution < 1.29 is 0 Å². The van der Waals surface area contributed by atoms with Crippen molar-refractivity contribution in [3.63, 3.8) is 0 Å². The van der Waals surface area contributed by atoms with E-state index in [1.54, 1.807) is 0 Å². The zero-order valence-electron chi connectivity index (χ0n) is 9.81. The predicted molar refractivity (Wildman–Crippen MR) is 77.6 cm³/mol. The van der Waals surface area contributed by atoms with Crippen LogP contribution in [0.3, 0.4) is 0 Å². The van der Waals surface area contributed by atoms with E-state index in [-0.39, 0.29) is 6.04 Å². The van der Waals surface area contributed by atoms with Crippen molar-refractivity contribution in [2.45, 2.75) is 18.9 Å². The van der Waals surface area contributed by atoms with Crippen molar-refractivity contribution in [3.8, 4) is 0 Å². The summed E-state index contributed by atoms with van der Waals surface area (Å²) in [7, 11) is 2.01. The molecule has 0 spiro atoms. The third-order valence-electron chi connectivity index (χ3n) is 2.90. The molecule has 1 heterocycles. The predicted octanol–water partition coefficient (Wildman–Crippen LogP) is 2.66. The van der Waals surface area contributed by atoms with Crippen LogP contribution in [-0.2, 0) is 13.5 Å². The molecule has 1 aromatic carbocycles. The minimum absolute atomic E-state index is 0.0831. The molecule has 0 saturated carbocycles. The maximum atomic E-state index is 6.22. The lowest BCUT2D eigenvalue weighted by Gasteiger charge is -2.13. The number of aryl methyl sites for hydroxylation is 2. The molecule has 0 fully saturated rings. The van der Waals surface area contributed by atoms with E-state index < -0.39 is 0 Å². The summed E-state index contributed by atoms with van der Waals surface area (Å²) in [5.41, 5.74) is 7.45. The first-order chi connectivity index (χ1) is 8.18. The smallest absolute Gasteiger partial charge is 0.108 e. The van der Waals surface area contributed by atoms with Crippen LogP contribution in [0.5, 0.6) is 0 Å². The Kier molecular flexibility index (Phi) is 4.17. The second-order valence-corrected chi connectivity index (χ2v) is 5.28. The fraction of sp³-hybridized carbons (Fsp3) is 0.308. The second kappa shape index (κ2) is 5.64. The van der Waals surface area contributed by atoms with E-state index in [1.165, 1.54) is 9.13 Å². The molecule has 4 heteroatoms. The topological polar surface area (TPSA) is 43.8 Å². The lowest BCUT2D eigenvalue weighted by atomic mass is 10.0. The van der Waals surface area contributed by atoms with Crippen LogP contribution in [0.1, 0.15) is 23.9 Å². The molecule has 0 aliphatic rings. The number of aromatic nitrogens is 2. The summed E-state index contributed by atoms with van der Waals surface area (Å²) in [6, 6.07) is 8.36. The van der Waals surface area contributed by atoms with Gasteiger partial charge in [0.2, 0.25) is 0 Å². The molecule has 90 valence electrons. The Morgan fingerprint density at radius 3 is 2.82 bits per heavy atom. The van der Waals surface area contributed by atoms with E-state index in [2.05, 4.69) is 39.7 Å². The first kappa shape index (κ1) is 12.6. The van der Waals surface area contributed by atoms with Gasteiger partial charge in [0.1, 0.15) is 5.82 Å². The molecule has 1 atom stereocenters. The third-order valence-corrected chi connectivity index (χ3v) is 3.89. The molecule has 2 N–H and O–H groups in total. The van der Waals surface area contributed by atoms with E-state index in [0.29, 0.717) is 0 Å². The number of hydrogen-bond donors (Lipinski definition) is 1. The molecular weight excluding hydrogens is 325 g/mol. The van der Waals surface area contributed by atoms with Crippen molar-refractivity contribution in [1.82, 2.24) is 9.55 Å². The van der Waals surface area contributed by atoms with Crippen LogP contribution in [0.15, 0.2) is 36.7 Å². The summed E-state index contributed by atoms with van der Waals surface area (Å²) in [4.78, 5) is 4.31. The van der Waals surface area contributed by atoms with Crippen molar-refractivity contribution >= 4 is 22.6 Å². The van der Waals surface area contributed by atoms with Crippen LogP contribution >= 0.6 is 22.6 Å². The van der Waals surface area contributed by atoms with Gasteiger partial charge in [-0.05, 0) is 40.6 Å². The number of hydrogen-bond acceptors (Lipinski definition) is 2. The van der Waals surface area contributed by atoms with E-state index in [4.69, 9.17) is 5.73 Å². The van der Waals surface area contributed by atoms with Crippen molar-refractivity contribution in [3.05, 3.63) is 51.6 Å². The lowest BCUT2D eigenvalue weighted by Crippen LogP contribution is -2.13. The molecule has 0 radical (unpaired) electrons. The molecule has 0 amide bonds. The van der Waals surface area contributed by atoms with Gasteiger partial charge in [0.15, 0.2) is 0 Å². The largest absolute Gasteiger partial charge is 0.338 e. The first-order valence-corrected chi connectivity index (χ1v) is 6.72. The van der Waals surface area contributed by atoms with Crippen LogP contribution in [0.4, 0.5) is 0 Å². The molecule has 2 aromatic rings. The number of halogens is 1. The molecule has 1 unspecified atom stereocenters. The van der Waals surface area contributed by atoms with Crippen LogP contribution in [0, 0.1) is 3.57 Å². The second-order valence-electron chi connectivity index (χ2n) is 4.12. The molecule has 0 bridgehead atoms. The summed E-state index contributed by atoms with van der Waals surface area (Å²) < 4.78 is 3.28. The molecule has 0 aliphatic carbocycles. The highest BCUT2D eigenvalue weighted by Crippen LogP contribution is 2.21. The highest BCUT2D eigenvalue weighted by Gasteiger charge is 2.10. The SMILES string of the molecule is Cn1ccnc1CCC(N)c1ccccc1I. The van der Waals surface area contributed by atoms with Crippen molar-refractivity contribution in [2.24, 2.45) is 12.8 Å². The average molecular weight is 341 g/mol. The fourth-order valence-corrected chi connectivity index (χ4v) is 2.64. The molecule has 0 saturated heterocycles. The number of rotatable bonds is 4. The first-order valence-electron chi connectivity index (χ1n) is 5.64. The zero-order valence-corrected chi connectivity index (χ0v) is 12.0.